The molecule has 0 aromatic carbocycles. The maximum absolute atomic E-state index is 10.8. The van der Waals surface area contributed by atoms with Crippen LogP contribution in [0.25, 0.3) is 0 Å². The third-order valence-corrected chi connectivity index (χ3v) is 4.05. The third-order valence-electron chi connectivity index (χ3n) is 4.05. The van der Waals surface area contributed by atoms with Crippen molar-refractivity contribution in [1.29, 1.82) is 0 Å². The number of hydrogen-bond donors (Lipinski definition) is 2. The Balaban J connectivity index is 1.67. The molecule has 1 unspecified atom stereocenters. The fourth-order valence-electron chi connectivity index (χ4n) is 2.85. The summed E-state index contributed by atoms with van der Waals surface area (Å²) >= 11 is 0. The van der Waals surface area contributed by atoms with Gasteiger partial charge in [-0.2, -0.15) is 0 Å². The monoisotopic (exact) mass is 316 g/mol. The van der Waals surface area contributed by atoms with Gasteiger partial charge in [0.1, 0.15) is 11.6 Å². The van der Waals surface area contributed by atoms with Crippen molar-refractivity contribution in [1.82, 2.24) is 14.9 Å². The second-order valence-electron chi connectivity index (χ2n) is 5.60. The first-order valence-electron chi connectivity index (χ1n) is 7.80. The molecule has 3 heterocycles. The zero-order valence-corrected chi connectivity index (χ0v) is 12.8. The van der Waals surface area contributed by atoms with Crippen molar-refractivity contribution in [3.63, 3.8) is 0 Å². The van der Waals surface area contributed by atoms with Crippen LogP contribution < -0.4 is 5.32 Å². The normalized spacial score (nSPS) is 16.9. The quantitative estimate of drug-likeness (QED) is 0.845. The summed E-state index contributed by atoms with van der Waals surface area (Å²) in [5, 5.41) is 12.1. The van der Waals surface area contributed by atoms with Gasteiger partial charge in [0.25, 0.3) is 0 Å². The van der Waals surface area contributed by atoms with Gasteiger partial charge >= 0.3 is 5.97 Å². The molecule has 1 saturated heterocycles. The molecule has 1 atom stereocenters. The number of likely N-dealkylation sites (tertiary alicyclic amines) is 1. The molecule has 0 saturated carbocycles. The summed E-state index contributed by atoms with van der Waals surface area (Å²) in [5.41, 5.74) is -0.0610. The fourth-order valence-corrected chi connectivity index (χ4v) is 2.85. The first-order valence-corrected chi connectivity index (χ1v) is 7.80. The van der Waals surface area contributed by atoms with E-state index < -0.39 is 5.97 Å². The minimum absolute atomic E-state index is 0.0610. The van der Waals surface area contributed by atoms with E-state index in [2.05, 4.69) is 20.2 Å². The number of furan rings is 1. The number of carboxylic acid groups (broad SMARTS) is 1. The summed E-state index contributed by atoms with van der Waals surface area (Å²) in [7, 11) is 0. The lowest BCUT2D eigenvalue weighted by atomic mass is 10.1. The number of anilines is 1. The SMILES string of the molecule is O=C(O)c1cnc(NCC(c2ccco2)N2CCCCC2)cn1. The van der Waals surface area contributed by atoms with E-state index in [1.807, 2.05) is 12.1 Å². The second kappa shape index (κ2) is 7.23. The number of carbonyl (C=O) groups is 1. The highest BCUT2D eigenvalue weighted by Gasteiger charge is 2.24. The van der Waals surface area contributed by atoms with E-state index in [4.69, 9.17) is 9.52 Å². The highest BCUT2D eigenvalue weighted by molar-refractivity contribution is 5.84. The molecule has 122 valence electrons. The van der Waals surface area contributed by atoms with Gasteiger partial charge in [-0.3, -0.25) is 4.90 Å². The predicted molar refractivity (Wildman–Crippen MR) is 84.4 cm³/mol. The summed E-state index contributed by atoms with van der Waals surface area (Å²) in [6.45, 7) is 2.74. The van der Waals surface area contributed by atoms with Crippen molar-refractivity contribution < 1.29 is 14.3 Å². The molecule has 2 aromatic heterocycles. The van der Waals surface area contributed by atoms with Crippen LogP contribution in [0, 0.1) is 0 Å². The van der Waals surface area contributed by atoms with Crippen molar-refractivity contribution in [2.45, 2.75) is 25.3 Å². The number of nitrogens with one attached hydrogen (secondary N) is 1. The minimum Gasteiger partial charge on any atom is -0.476 e. The van der Waals surface area contributed by atoms with E-state index in [-0.39, 0.29) is 11.7 Å². The van der Waals surface area contributed by atoms with Crippen LogP contribution in [0.5, 0.6) is 0 Å². The van der Waals surface area contributed by atoms with Crippen molar-refractivity contribution in [3.8, 4) is 0 Å². The molecular weight excluding hydrogens is 296 g/mol. The molecule has 23 heavy (non-hydrogen) atoms. The summed E-state index contributed by atoms with van der Waals surface area (Å²) < 4.78 is 5.59. The molecule has 0 aliphatic carbocycles. The average Bonchev–Trinajstić information content (AvgIpc) is 3.11. The van der Waals surface area contributed by atoms with Crippen LogP contribution >= 0.6 is 0 Å². The van der Waals surface area contributed by atoms with E-state index >= 15 is 0 Å². The van der Waals surface area contributed by atoms with Gasteiger partial charge in [-0.1, -0.05) is 6.42 Å². The van der Waals surface area contributed by atoms with Crippen molar-refractivity contribution in [3.05, 3.63) is 42.2 Å². The summed E-state index contributed by atoms with van der Waals surface area (Å²) in [4.78, 5) is 21.2. The maximum Gasteiger partial charge on any atom is 0.356 e. The second-order valence-corrected chi connectivity index (χ2v) is 5.60. The third kappa shape index (κ3) is 3.87. The Morgan fingerprint density at radius 1 is 1.30 bits per heavy atom. The van der Waals surface area contributed by atoms with Crippen LogP contribution in [-0.4, -0.2) is 45.6 Å². The molecular formula is C16H20N4O3. The van der Waals surface area contributed by atoms with E-state index in [1.165, 1.54) is 31.7 Å². The lowest BCUT2D eigenvalue weighted by molar-refractivity contribution is 0.0690. The lowest BCUT2D eigenvalue weighted by Crippen LogP contribution is -2.37. The lowest BCUT2D eigenvalue weighted by Gasteiger charge is -2.33. The number of aromatic nitrogens is 2. The van der Waals surface area contributed by atoms with Crippen LogP contribution in [0.4, 0.5) is 5.82 Å². The Morgan fingerprint density at radius 2 is 2.13 bits per heavy atom. The molecule has 7 nitrogen and oxygen atoms in total. The largest absolute Gasteiger partial charge is 0.476 e. The molecule has 0 amide bonds. The van der Waals surface area contributed by atoms with Gasteiger partial charge in [0.15, 0.2) is 5.69 Å². The standard InChI is InChI=1S/C16H20N4O3/c21-16(22)12-9-18-15(11-17-12)19-10-13(14-5-4-8-23-14)20-6-2-1-3-7-20/h4-5,8-9,11,13H,1-3,6-7,10H2,(H,18,19)(H,21,22). The van der Waals surface area contributed by atoms with Gasteiger partial charge in [0, 0.05) is 6.54 Å². The van der Waals surface area contributed by atoms with Gasteiger partial charge in [-0.25, -0.2) is 14.8 Å². The topological polar surface area (TPSA) is 91.5 Å². The molecule has 0 spiro atoms. The summed E-state index contributed by atoms with van der Waals surface area (Å²) in [5.74, 6) is 0.406. The Morgan fingerprint density at radius 3 is 2.74 bits per heavy atom. The Kier molecular flexibility index (Phi) is 4.87. The minimum atomic E-state index is -1.08. The number of aromatic carboxylic acids is 1. The molecule has 2 aromatic rings. The smallest absolute Gasteiger partial charge is 0.356 e. The zero-order valence-electron chi connectivity index (χ0n) is 12.8. The molecule has 1 fully saturated rings. The number of hydrogen-bond acceptors (Lipinski definition) is 6. The number of rotatable bonds is 6. The zero-order chi connectivity index (χ0) is 16.1. The van der Waals surface area contributed by atoms with Gasteiger partial charge < -0.3 is 14.8 Å². The Labute approximate surface area is 134 Å². The van der Waals surface area contributed by atoms with Crippen molar-refractivity contribution >= 4 is 11.8 Å². The maximum atomic E-state index is 10.8. The fraction of sp³-hybridized carbons (Fsp3) is 0.438. The van der Waals surface area contributed by atoms with Gasteiger partial charge in [0.05, 0.1) is 24.7 Å². The average molecular weight is 316 g/mol. The first kappa shape index (κ1) is 15.5. The van der Waals surface area contributed by atoms with Crippen molar-refractivity contribution in [2.24, 2.45) is 0 Å². The first-order chi connectivity index (χ1) is 11.2. The van der Waals surface area contributed by atoms with E-state index in [1.54, 1.807) is 6.26 Å². The van der Waals surface area contributed by atoms with Crippen molar-refractivity contribution in [2.75, 3.05) is 25.0 Å². The molecule has 2 N–H and O–H groups in total. The predicted octanol–water partition coefficient (Wildman–Crippen LogP) is 2.41. The Hall–Kier alpha value is -2.41. The van der Waals surface area contributed by atoms with Gasteiger partial charge in [0.2, 0.25) is 0 Å². The Bertz CT molecular complexity index is 621. The van der Waals surface area contributed by atoms with Crippen LogP contribution in [0.2, 0.25) is 0 Å². The molecule has 0 bridgehead atoms. The highest BCUT2D eigenvalue weighted by atomic mass is 16.4. The molecule has 3 rings (SSSR count). The molecule has 0 radical (unpaired) electrons. The molecule has 1 aliphatic heterocycles. The number of nitrogens with zero attached hydrogens (tertiary/aromatic N) is 3. The number of carboxylic acids is 1. The van der Waals surface area contributed by atoms with Crippen LogP contribution in [0.1, 0.15) is 41.6 Å². The number of piperidine rings is 1. The van der Waals surface area contributed by atoms with Gasteiger partial charge in [-0.05, 0) is 38.1 Å². The molecule has 7 heteroatoms. The van der Waals surface area contributed by atoms with E-state index in [0.29, 0.717) is 12.4 Å². The van der Waals surface area contributed by atoms with Crippen LogP contribution in [0.3, 0.4) is 0 Å². The summed E-state index contributed by atoms with van der Waals surface area (Å²) in [6.07, 6.45) is 8.06. The highest BCUT2D eigenvalue weighted by Crippen LogP contribution is 2.25. The van der Waals surface area contributed by atoms with E-state index in [0.717, 1.165) is 18.8 Å². The van der Waals surface area contributed by atoms with Crippen LogP contribution in [0.15, 0.2) is 35.2 Å². The van der Waals surface area contributed by atoms with E-state index in [9.17, 15) is 4.79 Å². The van der Waals surface area contributed by atoms with Gasteiger partial charge in [-0.15, -0.1) is 0 Å². The molecule has 1 aliphatic rings. The summed E-state index contributed by atoms with van der Waals surface area (Å²) in [6, 6.07) is 4.01. The van der Waals surface area contributed by atoms with Crippen LogP contribution in [-0.2, 0) is 0 Å².